The molecule has 0 fully saturated rings. The molecule has 116 valence electrons. The van der Waals surface area contributed by atoms with E-state index in [2.05, 4.69) is 6.07 Å². The van der Waals surface area contributed by atoms with Crippen molar-refractivity contribution >= 4 is 47.9 Å². The lowest BCUT2D eigenvalue weighted by Gasteiger charge is -2.33. The molecule has 1 aromatic heterocycles. The van der Waals surface area contributed by atoms with Crippen LogP contribution in [-0.2, 0) is 9.96 Å². The molecule has 0 amide bonds. The van der Waals surface area contributed by atoms with Crippen LogP contribution in [0.4, 0.5) is 0 Å². The van der Waals surface area contributed by atoms with E-state index < -0.39 is 25.5 Å². The maximum absolute atomic E-state index is 12.5. The van der Waals surface area contributed by atoms with Crippen molar-refractivity contribution in [3.05, 3.63) is 32.9 Å². The maximum atomic E-state index is 12.5. The number of aromatic nitrogens is 1. The van der Waals surface area contributed by atoms with Crippen LogP contribution in [0.3, 0.4) is 0 Å². The van der Waals surface area contributed by atoms with Crippen molar-refractivity contribution in [3.8, 4) is 6.07 Å². The zero-order valence-electron chi connectivity index (χ0n) is 12.3. The van der Waals surface area contributed by atoms with Crippen LogP contribution in [0.25, 0.3) is 10.2 Å². The molecule has 5 nitrogen and oxygen atoms in total. The molecule has 1 N–H and O–H groups in total. The first-order valence-corrected chi connectivity index (χ1v) is 10.3. The molecule has 0 aliphatic heterocycles. The summed E-state index contributed by atoms with van der Waals surface area (Å²) >= 11 is 7.18. The van der Waals surface area contributed by atoms with Gasteiger partial charge in [-0.05, 0) is 19.1 Å². The van der Waals surface area contributed by atoms with Gasteiger partial charge in [-0.3, -0.25) is 14.2 Å². The second kappa shape index (κ2) is 5.87. The largest absolute Gasteiger partial charge is 0.480 e. The van der Waals surface area contributed by atoms with Crippen molar-refractivity contribution in [2.24, 2.45) is 0 Å². The Labute approximate surface area is 138 Å². The van der Waals surface area contributed by atoms with Crippen molar-refractivity contribution in [2.45, 2.75) is 31.1 Å². The van der Waals surface area contributed by atoms with E-state index in [0.29, 0.717) is 15.2 Å². The number of benzene rings is 1. The number of nitrogens with zero attached hydrogens (tertiary/aromatic N) is 2. The van der Waals surface area contributed by atoms with Crippen molar-refractivity contribution in [1.29, 1.82) is 5.26 Å². The number of carboxylic acid groups (broad SMARTS) is 1. The number of thiazole rings is 1. The standard InChI is InChI=1S/C14H15ClN2O3SSi/c1-8(7-16)22(3)14(2,12(18)19)17-11-9(15)5-4-6-10(11)21-13(17)20/h4-6,8,22H,1-3H3,(H,18,19). The van der Waals surface area contributed by atoms with Gasteiger partial charge in [-0.15, -0.1) is 0 Å². The van der Waals surface area contributed by atoms with Crippen molar-refractivity contribution in [3.63, 3.8) is 0 Å². The summed E-state index contributed by atoms with van der Waals surface area (Å²) in [5.74, 6) is -1.10. The smallest absolute Gasteiger partial charge is 0.325 e. The highest BCUT2D eigenvalue weighted by Gasteiger charge is 2.46. The Morgan fingerprint density at radius 1 is 1.59 bits per heavy atom. The zero-order chi connectivity index (χ0) is 16.7. The molecule has 3 unspecified atom stereocenters. The first kappa shape index (κ1) is 16.7. The fourth-order valence-corrected chi connectivity index (χ4v) is 6.19. The third-order valence-corrected chi connectivity index (χ3v) is 9.43. The Kier molecular flexibility index (Phi) is 4.47. The highest BCUT2D eigenvalue weighted by atomic mass is 35.5. The van der Waals surface area contributed by atoms with E-state index in [1.165, 1.54) is 11.5 Å². The number of rotatable bonds is 4. The van der Waals surface area contributed by atoms with Gasteiger partial charge in [-0.25, -0.2) is 0 Å². The molecule has 2 aromatic rings. The van der Waals surface area contributed by atoms with Crippen LogP contribution in [0.15, 0.2) is 23.0 Å². The van der Waals surface area contributed by atoms with E-state index in [-0.39, 0.29) is 4.87 Å². The molecule has 8 heteroatoms. The Balaban J connectivity index is 2.86. The Morgan fingerprint density at radius 2 is 2.23 bits per heavy atom. The molecular weight excluding hydrogens is 340 g/mol. The third-order valence-electron chi connectivity index (χ3n) is 4.29. The summed E-state index contributed by atoms with van der Waals surface area (Å²) < 4.78 is 1.93. The average molecular weight is 355 g/mol. The molecule has 1 heterocycles. The van der Waals surface area contributed by atoms with Crippen molar-refractivity contribution in [1.82, 2.24) is 4.57 Å². The quantitative estimate of drug-likeness (QED) is 0.856. The van der Waals surface area contributed by atoms with E-state index in [1.807, 2.05) is 0 Å². The fourth-order valence-electron chi connectivity index (χ4n) is 2.54. The van der Waals surface area contributed by atoms with Crippen LogP contribution in [0.2, 0.25) is 17.1 Å². The summed E-state index contributed by atoms with van der Waals surface area (Å²) in [5.41, 5.74) is 0.0407. The normalized spacial score (nSPS) is 16.7. The number of hydrogen-bond acceptors (Lipinski definition) is 4. The van der Waals surface area contributed by atoms with E-state index in [9.17, 15) is 14.7 Å². The average Bonchev–Trinajstić information content (AvgIpc) is 2.82. The first-order valence-electron chi connectivity index (χ1n) is 6.68. The number of nitriles is 1. The Bertz CT molecular complexity index is 841. The third kappa shape index (κ3) is 2.37. The van der Waals surface area contributed by atoms with Gasteiger partial charge in [-0.1, -0.05) is 42.5 Å². The lowest BCUT2D eigenvalue weighted by molar-refractivity contribution is -0.142. The minimum Gasteiger partial charge on any atom is -0.480 e. The molecule has 0 radical (unpaired) electrons. The van der Waals surface area contributed by atoms with E-state index in [4.69, 9.17) is 16.9 Å². The molecular formula is C14H15ClN2O3SSi. The molecule has 1 aromatic carbocycles. The summed E-state index contributed by atoms with van der Waals surface area (Å²) in [4.78, 5) is 24.1. The SMILES string of the molecule is CC(C#N)[SiH](C)C(C)(C(=O)O)n1c(=O)sc2cccc(Cl)c21. The van der Waals surface area contributed by atoms with Gasteiger partial charge < -0.3 is 5.11 Å². The van der Waals surface area contributed by atoms with Crippen molar-refractivity contribution in [2.75, 3.05) is 0 Å². The van der Waals surface area contributed by atoms with Gasteiger partial charge in [0.2, 0.25) is 0 Å². The maximum Gasteiger partial charge on any atom is 0.325 e. The summed E-state index contributed by atoms with van der Waals surface area (Å²) in [6, 6.07) is 7.22. The van der Waals surface area contributed by atoms with Gasteiger partial charge in [0.05, 0.1) is 30.1 Å². The Morgan fingerprint density at radius 3 is 2.77 bits per heavy atom. The summed E-state index contributed by atoms with van der Waals surface area (Å²) in [6.45, 7) is 5.03. The highest BCUT2D eigenvalue weighted by Crippen LogP contribution is 2.34. The van der Waals surface area contributed by atoms with Crippen LogP contribution >= 0.6 is 22.9 Å². The minimum atomic E-state index is -2.18. The second-order valence-electron chi connectivity index (χ2n) is 5.45. The first-order chi connectivity index (χ1) is 10.2. The molecule has 2 rings (SSSR count). The van der Waals surface area contributed by atoms with E-state index in [0.717, 1.165) is 11.3 Å². The predicted molar refractivity (Wildman–Crippen MR) is 90.4 cm³/mol. The molecule has 3 atom stereocenters. The molecule has 0 aliphatic rings. The predicted octanol–water partition coefficient (Wildman–Crippen LogP) is 2.83. The lowest BCUT2D eigenvalue weighted by atomic mass is 10.2. The number of halogens is 1. The number of carboxylic acids is 1. The van der Waals surface area contributed by atoms with Gasteiger partial charge >= 0.3 is 10.8 Å². The topological polar surface area (TPSA) is 83.1 Å². The van der Waals surface area contributed by atoms with Gasteiger partial charge in [0.1, 0.15) is 5.16 Å². The number of para-hydroxylation sites is 1. The van der Waals surface area contributed by atoms with Gasteiger partial charge in [0, 0.05) is 5.54 Å². The number of aliphatic carboxylic acids is 1. The number of fused-ring (bicyclic) bond motifs is 1. The van der Waals surface area contributed by atoms with Gasteiger partial charge in [-0.2, -0.15) is 5.26 Å². The molecule has 22 heavy (non-hydrogen) atoms. The Hall–Kier alpha value is -1.62. The van der Waals surface area contributed by atoms with E-state index >= 15 is 0 Å². The molecule has 0 saturated carbocycles. The monoisotopic (exact) mass is 354 g/mol. The fraction of sp³-hybridized carbons (Fsp3) is 0.357. The van der Waals surface area contributed by atoms with E-state index in [1.54, 1.807) is 31.7 Å². The van der Waals surface area contributed by atoms with Gasteiger partial charge in [0.25, 0.3) is 0 Å². The molecule has 0 spiro atoms. The summed E-state index contributed by atoms with van der Waals surface area (Å²) in [6.07, 6.45) is 0. The molecule has 0 saturated heterocycles. The highest BCUT2D eigenvalue weighted by molar-refractivity contribution is 7.16. The van der Waals surface area contributed by atoms with Crippen molar-refractivity contribution < 1.29 is 9.90 Å². The van der Waals surface area contributed by atoms with Crippen LogP contribution in [0, 0.1) is 11.3 Å². The van der Waals surface area contributed by atoms with Crippen LogP contribution in [0.5, 0.6) is 0 Å². The zero-order valence-corrected chi connectivity index (χ0v) is 15.1. The number of carbonyl (C=O) groups is 1. The minimum absolute atomic E-state index is 0.342. The lowest BCUT2D eigenvalue weighted by Crippen LogP contribution is -2.55. The van der Waals surface area contributed by atoms with Gasteiger partial charge in [0.15, 0.2) is 0 Å². The molecule has 0 aliphatic carbocycles. The van der Waals surface area contributed by atoms with Crippen LogP contribution in [-0.4, -0.2) is 24.4 Å². The van der Waals surface area contributed by atoms with Crippen LogP contribution in [0.1, 0.15) is 13.8 Å². The summed E-state index contributed by atoms with van der Waals surface area (Å²) in [5, 5.41) is 17.9. The summed E-state index contributed by atoms with van der Waals surface area (Å²) in [7, 11) is -2.18. The second-order valence-corrected chi connectivity index (χ2v) is 10.6. The molecule has 0 bridgehead atoms. The number of hydrogen-bond donors (Lipinski definition) is 1. The van der Waals surface area contributed by atoms with Crippen LogP contribution < -0.4 is 4.87 Å².